The predicted octanol–water partition coefficient (Wildman–Crippen LogP) is 1.16. The molecule has 0 saturated carbocycles. The minimum absolute atomic E-state index is 0.133. The number of rotatable bonds is 4. The Hall–Kier alpha value is -2.90. The summed E-state index contributed by atoms with van der Waals surface area (Å²) in [5.41, 5.74) is -0.270. The molecule has 1 aromatic heterocycles. The Labute approximate surface area is 143 Å². The van der Waals surface area contributed by atoms with Crippen LogP contribution >= 0.6 is 0 Å². The molecule has 0 spiro atoms. The summed E-state index contributed by atoms with van der Waals surface area (Å²) in [6.45, 7) is 1.64. The number of halogens is 1. The fourth-order valence-corrected chi connectivity index (χ4v) is 2.81. The molecule has 1 aliphatic rings. The number of hydrogen-bond donors (Lipinski definition) is 2. The zero-order valence-electron chi connectivity index (χ0n) is 13.8. The third kappa shape index (κ3) is 3.47. The van der Waals surface area contributed by atoms with Crippen molar-refractivity contribution in [3.63, 3.8) is 0 Å². The quantitative estimate of drug-likeness (QED) is 0.867. The van der Waals surface area contributed by atoms with E-state index in [1.165, 1.54) is 23.7 Å². The number of amides is 1. The topological polar surface area (TPSA) is 87.5 Å². The third-order valence-electron chi connectivity index (χ3n) is 4.21. The van der Waals surface area contributed by atoms with Crippen molar-refractivity contribution in [1.29, 1.82) is 0 Å². The summed E-state index contributed by atoms with van der Waals surface area (Å²) in [6.07, 6.45) is 1.98. The molecule has 0 bridgehead atoms. The zero-order chi connectivity index (χ0) is 18.0. The summed E-state index contributed by atoms with van der Waals surface area (Å²) >= 11 is 0. The molecular weight excluding hydrogens is 327 g/mol. The summed E-state index contributed by atoms with van der Waals surface area (Å²) in [7, 11) is 1.52. The van der Waals surface area contributed by atoms with Crippen molar-refractivity contribution in [2.24, 2.45) is 7.05 Å². The Morgan fingerprint density at radius 2 is 1.92 bits per heavy atom. The van der Waals surface area contributed by atoms with E-state index >= 15 is 0 Å². The number of anilines is 1. The molecule has 0 radical (unpaired) electrons. The van der Waals surface area contributed by atoms with Gasteiger partial charge in [0, 0.05) is 26.7 Å². The number of hydrogen-bond acceptors (Lipinski definition) is 5. The smallest absolute Gasteiger partial charge is 0.297 e. The number of carbonyl (C=O) groups is 1. The molecule has 1 amide bonds. The van der Waals surface area contributed by atoms with E-state index in [1.807, 2.05) is 4.90 Å². The molecule has 132 valence electrons. The first kappa shape index (κ1) is 16.9. The van der Waals surface area contributed by atoms with Crippen LogP contribution < -0.4 is 15.8 Å². The minimum Gasteiger partial charge on any atom is -0.501 e. The molecule has 8 heteroatoms. The van der Waals surface area contributed by atoms with Gasteiger partial charge >= 0.3 is 0 Å². The summed E-state index contributed by atoms with van der Waals surface area (Å²) in [5, 5.41) is 12.6. The van der Waals surface area contributed by atoms with E-state index in [0.717, 1.165) is 25.9 Å². The van der Waals surface area contributed by atoms with Gasteiger partial charge in [0.25, 0.3) is 11.5 Å². The van der Waals surface area contributed by atoms with E-state index in [0.29, 0.717) is 11.5 Å². The van der Waals surface area contributed by atoms with Gasteiger partial charge < -0.3 is 15.3 Å². The van der Waals surface area contributed by atoms with Crippen LogP contribution in [0.2, 0.25) is 0 Å². The Balaban J connectivity index is 1.83. The van der Waals surface area contributed by atoms with Crippen molar-refractivity contribution in [1.82, 2.24) is 14.9 Å². The van der Waals surface area contributed by atoms with Crippen LogP contribution in [-0.2, 0) is 13.6 Å². The Morgan fingerprint density at radius 3 is 2.56 bits per heavy atom. The van der Waals surface area contributed by atoms with E-state index in [2.05, 4.69) is 10.3 Å². The number of aromatic hydroxyl groups is 1. The number of benzene rings is 1. The van der Waals surface area contributed by atoms with Crippen LogP contribution in [0.5, 0.6) is 5.75 Å². The molecule has 2 aromatic rings. The van der Waals surface area contributed by atoms with Crippen LogP contribution in [0.1, 0.15) is 28.9 Å². The molecule has 1 aromatic carbocycles. The average Bonchev–Trinajstić information content (AvgIpc) is 3.13. The number of nitrogens with one attached hydrogen (secondary N) is 1. The van der Waals surface area contributed by atoms with E-state index in [1.54, 1.807) is 12.1 Å². The Bertz CT molecular complexity index is 842. The Kier molecular flexibility index (Phi) is 4.69. The molecule has 25 heavy (non-hydrogen) atoms. The molecule has 7 nitrogen and oxygen atoms in total. The van der Waals surface area contributed by atoms with Crippen molar-refractivity contribution < 1.29 is 14.3 Å². The van der Waals surface area contributed by atoms with Crippen molar-refractivity contribution in [3.05, 3.63) is 51.7 Å². The molecule has 1 saturated heterocycles. The normalized spacial score (nSPS) is 13.9. The Morgan fingerprint density at radius 1 is 1.28 bits per heavy atom. The van der Waals surface area contributed by atoms with Gasteiger partial charge in [-0.15, -0.1) is 0 Å². The minimum atomic E-state index is -0.679. The SMILES string of the molecule is Cn1c(N2CCCC2)nc(C(=O)NCc2ccc(F)cc2)c(O)c1=O. The fourth-order valence-electron chi connectivity index (χ4n) is 2.81. The summed E-state index contributed by atoms with van der Waals surface area (Å²) < 4.78 is 14.2. The molecule has 0 atom stereocenters. The van der Waals surface area contributed by atoms with Crippen LogP contribution in [0, 0.1) is 5.82 Å². The van der Waals surface area contributed by atoms with E-state index < -0.39 is 17.2 Å². The lowest BCUT2D eigenvalue weighted by molar-refractivity contribution is 0.0942. The maximum atomic E-state index is 12.9. The van der Waals surface area contributed by atoms with E-state index in [4.69, 9.17) is 0 Å². The molecule has 0 unspecified atom stereocenters. The number of aromatic nitrogens is 2. The van der Waals surface area contributed by atoms with Gasteiger partial charge in [-0.2, -0.15) is 0 Å². The lowest BCUT2D eigenvalue weighted by atomic mass is 10.2. The summed E-state index contributed by atoms with van der Waals surface area (Å²) in [5.74, 6) is -1.33. The molecule has 3 rings (SSSR count). The highest BCUT2D eigenvalue weighted by Crippen LogP contribution is 2.19. The second kappa shape index (κ2) is 6.92. The lowest BCUT2D eigenvalue weighted by Gasteiger charge is -2.20. The maximum absolute atomic E-state index is 12.9. The van der Waals surface area contributed by atoms with Gasteiger partial charge in [0.15, 0.2) is 5.69 Å². The molecule has 1 aliphatic heterocycles. The van der Waals surface area contributed by atoms with Crippen LogP contribution in [0.25, 0.3) is 0 Å². The average molecular weight is 346 g/mol. The van der Waals surface area contributed by atoms with Crippen molar-refractivity contribution >= 4 is 11.9 Å². The zero-order valence-corrected chi connectivity index (χ0v) is 13.8. The second-order valence-corrected chi connectivity index (χ2v) is 5.98. The van der Waals surface area contributed by atoms with Crippen LogP contribution in [-0.4, -0.2) is 33.7 Å². The molecule has 0 aliphatic carbocycles. The maximum Gasteiger partial charge on any atom is 0.297 e. The van der Waals surface area contributed by atoms with Crippen molar-refractivity contribution in [2.45, 2.75) is 19.4 Å². The van der Waals surface area contributed by atoms with Crippen molar-refractivity contribution in [3.8, 4) is 5.75 Å². The number of nitrogens with zero attached hydrogens (tertiary/aromatic N) is 3. The number of carbonyl (C=O) groups excluding carboxylic acids is 1. The fraction of sp³-hybridized carbons (Fsp3) is 0.353. The van der Waals surface area contributed by atoms with Gasteiger partial charge in [0.1, 0.15) is 5.82 Å². The van der Waals surface area contributed by atoms with Crippen LogP contribution in [0.15, 0.2) is 29.1 Å². The lowest BCUT2D eigenvalue weighted by Crippen LogP contribution is -2.33. The first-order valence-corrected chi connectivity index (χ1v) is 8.05. The summed E-state index contributed by atoms with van der Waals surface area (Å²) in [6, 6.07) is 5.67. The molecule has 2 heterocycles. The summed E-state index contributed by atoms with van der Waals surface area (Å²) in [4.78, 5) is 30.7. The predicted molar refractivity (Wildman–Crippen MR) is 90.2 cm³/mol. The molecule has 2 N–H and O–H groups in total. The standard InChI is InChI=1S/C17H19FN4O3/c1-21-16(25)14(23)13(20-17(21)22-8-2-3-9-22)15(24)19-10-11-4-6-12(18)7-5-11/h4-7,23H,2-3,8-10H2,1H3,(H,19,24). The van der Waals surface area contributed by atoms with E-state index in [9.17, 15) is 19.1 Å². The third-order valence-corrected chi connectivity index (χ3v) is 4.21. The molecular formula is C17H19FN4O3. The van der Waals surface area contributed by atoms with Gasteiger partial charge in [0.2, 0.25) is 11.7 Å². The molecule has 1 fully saturated rings. The largest absolute Gasteiger partial charge is 0.501 e. The monoisotopic (exact) mass is 346 g/mol. The van der Waals surface area contributed by atoms with Crippen molar-refractivity contribution in [2.75, 3.05) is 18.0 Å². The second-order valence-electron chi connectivity index (χ2n) is 5.98. The van der Waals surface area contributed by atoms with Gasteiger partial charge in [0.05, 0.1) is 0 Å². The highest BCUT2D eigenvalue weighted by atomic mass is 19.1. The van der Waals surface area contributed by atoms with Crippen LogP contribution in [0.3, 0.4) is 0 Å². The highest BCUT2D eigenvalue weighted by molar-refractivity contribution is 5.95. The van der Waals surface area contributed by atoms with Gasteiger partial charge in [-0.3, -0.25) is 14.2 Å². The van der Waals surface area contributed by atoms with Gasteiger partial charge in [-0.1, -0.05) is 12.1 Å². The highest BCUT2D eigenvalue weighted by Gasteiger charge is 2.24. The van der Waals surface area contributed by atoms with E-state index in [-0.39, 0.29) is 18.1 Å². The van der Waals surface area contributed by atoms with Gasteiger partial charge in [-0.05, 0) is 30.5 Å². The van der Waals surface area contributed by atoms with Gasteiger partial charge in [-0.25, -0.2) is 9.37 Å². The first-order valence-electron chi connectivity index (χ1n) is 8.05. The first-order chi connectivity index (χ1) is 12.0. The van der Waals surface area contributed by atoms with Crippen LogP contribution in [0.4, 0.5) is 10.3 Å².